The van der Waals surface area contributed by atoms with Crippen LogP contribution < -0.4 is 15.0 Å². The first-order valence-electron chi connectivity index (χ1n) is 9.38. The van der Waals surface area contributed by atoms with E-state index in [9.17, 15) is 13.2 Å². The maximum Gasteiger partial charge on any atom is 0.292 e. The highest BCUT2D eigenvalue weighted by molar-refractivity contribution is 7.92. The average Bonchev–Trinajstić information content (AvgIpc) is 3.04. The molecule has 0 amide bonds. The SMILES string of the molecule is CCS(=O)(=O)Nc1cc2nc(C3CCC3)oc2c(-c2cc(OC)c(=O)n(C)c2)n1. The first-order chi connectivity index (χ1) is 13.8. The number of rotatable bonds is 6. The number of methoxy groups -OCH3 is 1. The van der Waals surface area contributed by atoms with Gasteiger partial charge in [-0.3, -0.25) is 9.52 Å². The fourth-order valence-electron chi connectivity index (χ4n) is 3.22. The molecule has 0 radical (unpaired) electrons. The van der Waals surface area contributed by atoms with Crippen molar-refractivity contribution >= 4 is 26.9 Å². The number of fused-ring (bicyclic) bond motifs is 1. The van der Waals surface area contributed by atoms with Crippen molar-refractivity contribution in [3.8, 4) is 17.0 Å². The van der Waals surface area contributed by atoms with Crippen LogP contribution in [-0.2, 0) is 17.1 Å². The molecule has 0 aromatic carbocycles. The van der Waals surface area contributed by atoms with Crippen LogP contribution in [-0.4, -0.2) is 35.8 Å². The summed E-state index contributed by atoms with van der Waals surface area (Å²) in [6, 6.07) is 3.13. The predicted molar refractivity (Wildman–Crippen MR) is 109 cm³/mol. The quantitative estimate of drug-likeness (QED) is 0.654. The molecule has 0 saturated heterocycles. The second-order valence-electron chi connectivity index (χ2n) is 7.10. The van der Waals surface area contributed by atoms with Crippen LogP contribution in [0.1, 0.15) is 38.0 Å². The van der Waals surface area contributed by atoms with Crippen LogP contribution in [0.3, 0.4) is 0 Å². The largest absolute Gasteiger partial charge is 0.491 e. The lowest BCUT2D eigenvalue weighted by Gasteiger charge is -2.21. The summed E-state index contributed by atoms with van der Waals surface area (Å²) >= 11 is 0. The molecule has 1 N–H and O–H groups in total. The summed E-state index contributed by atoms with van der Waals surface area (Å²) in [4.78, 5) is 21.2. The van der Waals surface area contributed by atoms with Gasteiger partial charge in [0, 0.05) is 30.8 Å². The molecule has 29 heavy (non-hydrogen) atoms. The van der Waals surface area contributed by atoms with E-state index in [1.807, 2.05) is 0 Å². The third kappa shape index (κ3) is 3.59. The van der Waals surface area contributed by atoms with Gasteiger partial charge in [-0.15, -0.1) is 0 Å². The number of aromatic nitrogens is 3. The van der Waals surface area contributed by atoms with E-state index < -0.39 is 10.0 Å². The molecule has 0 aliphatic heterocycles. The number of nitrogens with zero attached hydrogens (tertiary/aromatic N) is 3. The van der Waals surface area contributed by atoms with Crippen LogP contribution in [0.2, 0.25) is 0 Å². The number of pyridine rings is 2. The molecule has 0 bridgehead atoms. The molecule has 1 saturated carbocycles. The number of oxazole rings is 1. The van der Waals surface area contributed by atoms with Gasteiger partial charge in [0.2, 0.25) is 10.0 Å². The van der Waals surface area contributed by atoms with Crippen LogP contribution in [0, 0.1) is 0 Å². The van der Waals surface area contributed by atoms with Gasteiger partial charge in [-0.05, 0) is 25.8 Å². The Morgan fingerprint density at radius 3 is 2.69 bits per heavy atom. The normalized spacial score (nSPS) is 14.7. The third-order valence-corrected chi connectivity index (χ3v) is 6.41. The monoisotopic (exact) mass is 418 g/mol. The van der Waals surface area contributed by atoms with E-state index in [1.54, 1.807) is 32.3 Å². The van der Waals surface area contributed by atoms with Gasteiger partial charge in [-0.2, -0.15) is 0 Å². The Labute approximate surface area is 167 Å². The molecular formula is C19H22N4O5S. The van der Waals surface area contributed by atoms with Gasteiger partial charge in [0.05, 0.1) is 12.9 Å². The molecule has 0 unspecified atom stereocenters. The van der Waals surface area contributed by atoms with Gasteiger partial charge in [0.1, 0.15) is 17.0 Å². The highest BCUT2D eigenvalue weighted by Crippen LogP contribution is 2.39. The maximum atomic E-state index is 12.2. The Bertz CT molecular complexity index is 1240. The molecule has 9 nitrogen and oxygen atoms in total. The maximum absolute atomic E-state index is 12.2. The lowest BCUT2D eigenvalue weighted by Crippen LogP contribution is -2.18. The van der Waals surface area contributed by atoms with Crippen molar-refractivity contribution in [2.75, 3.05) is 17.6 Å². The van der Waals surface area contributed by atoms with Crippen molar-refractivity contribution in [3.63, 3.8) is 0 Å². The lowest BCUT2D eigenvalue weighted by molar-refractivity contribution is 0.344. The van der Waals surface area contributed by atoms with E-state index in [4.69, 9.17) is 9.15 Å². The zero-order chi connectivity index (χ0) is 20.8. The molecule has 4 rings (SSSR count). The molecule has 10 heteroatoms. The summed E-state index contributed by atoms with van der Waals surface area (Å²) in [6.07, 6.45) is 4.77. The molecule has 0 atom stereocenters. The van der Waals surface area contributed by atoms with Gasteiger partial charge >= 0.3 is 0 Å². The summed E-state index contributed by atoms with van der Waals surface area (Å²) in [5, 5.41) is 0. The Balaban J connectivity index is 1.93. The summed E-state index contributed by atoms with van der Waals surface area (Å²) in [6.45, 7) is 1.55. The van der Waals surface area contributed by atoms with Crippen LogP contribution in [0.15, 0.2) is 27.5 Å². The second kappa shape index (κ2) is 7.18. The van der Waals surface area contributed by atoms with E-state index in [-0.39, 0.29) is 28.8 Å². The number of hydrogen-bond acceptors (Lipinski definition) is 7. The van der Waals surface area contributed by atoms with Gasteiger partial charge < -0.3 is 13.7 Å². The summed E-state index contributed by atoms with van der Waals surface area (Å²) in [5.74, 6) is 1.11. The Morgan fingerprint density at radius 2 is 2.07 bits per heavy atom. The predicted octanol–water partition coefficient (Wildman–Crippen LogP) is 2.63. The van der Waals surface area contributed by atoms with E-state index in [1.165, 1.54) is 11.7 Å². The Hall–Kier alpha value is -2.88. The highest BCUT2D eigenvalue weighted by atomic mass is 32.2. The third-order valence-electron chi connectivity index (χ3n) is 5.13. The minimum Gasteiger partial charge on any atom is -0.491 e. The van der Waals surface area contributed by atoms with E-state index >= 15 is 0 Å². The van der Waals surface area contributed by atoms with E-state index in [2.05, 4.69) is 14.7 Å². The summed E-state index contributed by atoms with van der Waals surface area (Å²) in [7, 11) is -0.500. The van der Waals surface area contributed by atoms with Crippen molar-refractivity contribution in [2.24, 2.45) is 7.05 Å². The summed E-state index contributed by atoms with van der Waals surface area (Å²) < 4.78 is 39.2. The van der Waals surface area contributed by atoms with Gasteiger partial charge in [0.25, 0.3) is 5.56 Å². The van der Waals surface area contributed by atoms with Crippen molar-refractivity contribution in [2.45, 2.75) is 32.1 Å². The van der Waals surface area contributed by atoms with Gasteiger partial charge in [0.15, 0.2) is 17.2 Å². The second-order valence-corrected chi connectivity index (χ2v) is 9.11. The average molecular weight is 418 g/mol. The number of sulfonamides is 1. The van der Waals surface area contributed by atoms with E-state index in [0.29, 0.717) is 28.2 Å². The van der Waals surface area contributed by atoms with Crippen molar-refractivity contribution in [1.29, 1.82) is 0 Å². The van der Waals surface area contributed by atoms with Gasteiger partial charge in [-0.1, -0.05) is 6.42 Å². The number of ether oxygens (including phenoxy) is 1. The zero-order valence-electron chi connectivity index (χ0n) is 16.4. The number of anilines is 1. The highest BCUT2D eigenvalue weighted by Gasteiger charge is 2.27. The molecule has 3 aromatic heterocycles. The Kier molecular flexibility index (Phi) is 4.81. The summed E-state index contributed by atoms with van der Waals surface area (Å²) in [5.41, 5.74) is 1.62. The molecular weight excluding hydrogens is 396 g/mol. The van der Waals surface area contributed by atoms with Crippen LogP contribution >= 0.6 is 0 Å². The number of nitrogens with one attached hydrogen (secondary N) is 1. The van der Waals surface area contributed by atoms with Crippen LogP contribution in [0.5, 0.6) is 5.75 Å². The van der Waals surface area contributed by atoms with Crippen LogP contribution in [0.4, 0.5) is 5.82 Å². The molecule has 1 fully saturated rings. The molecule has 3 heterocycles. The van der Waals surface area contributed by atoms with Crippen molar-refractivity contribution in [3.05, 3.63) is 34.6 Å². The topological polar surface area (TPSA) is 116 Å². The minimum absolute atomic E-state index is 0.0815. The van der Waals surface area contributed by atoms with Gasteiger partial charge in [-0.25, -0.2) is 18.4 Å². The van der Waals surface area contributed by atoms with Crippen molar-refractivity contribution in [1.82, 2.24) is 14.5 Å². The molecule has 0 spiro atoms. The fraction of sp³-hybridized carbons (Fsp3) is 0.421. The fourth-order valence-corrected chi connectivity index (χ4v) is 3.78. The zero-order valence-corrected chi connectivity index (χ0v) is 17.2. The standard InChI is InChI=1S/C19H22N4O5S/c1-4-29(25,26)22-15-9-13-17(28-18(20-13)11-6-5-7-11)16(21-15)12-8-14(27-3)19(24)23(2)10-12/h8-11H,4-7H2,1-3H3,(H,21,22). The molecule has 1 aliphatic carbocycles. The number of hydrogen-bond donors (Lipinski definition) is 1. The first kappa shape index (κ1) is 19.4. The Morgan fingerprint density at radius 1 is 1.31 bits per heavy atom. The smallest absolute Gasteiger partial charge is 0.292 e. The minimum atomic E-state index is -3.52. The molecule has 154 valence electrons. The number of aryl methyl sites for hydroxylation is 1. The first-order valence-corrected chi connectivity index (χ1v) is 11.0. The molecule has 3 aromatic rings. The lowest BCUT2D eigenvalue weighted by atomic mass is 9.85. The van der Waals surface area contributed by atoms with E-state index in [0.717, 1.165) is 19.3 Å². The molecule has 1 aliphatic rings. The van der Waals surface area contributed by atoms with Crippen molar-refractivity contribution < 1.29 is 17.6 Å². The van der Waals surface area contributed by atoms with Crippen LogP contribution in [0.25, 0.3) is 22.4 Å².